The van der Waals surface area contributed by atoms with Gasteiger partial charge in [0, 0.05) is 5.39 Å². The summed E-state index contributed by atoms with van der Waals surface area (Å²) in [4.78, 5) is 35.1. The van der Waals surface area contributed by atoms with Crippen molar-refractivity contribution in [1.82, 2.24) is 0 Å². The van der Waals surface area contributed by atoms with Gasteiger partial charge >= 0.3 is 0 Å². The summed E-state index contributed by atoms with van der Waals surface area (Å²) in [6.07, 6.45) is -0.980. The fourth-order valence-electron chi connectivity index (χ4n) is 5.07. The molecule has 35 heavy (non-hydrogen) atoms. The number of ether oxygens (including phenoxy) is 1. The molecule has 0 aliphatic carbocycles. The molecule has 4 aromatic carbocycles. The average Bonchev–Trinajstić information content (AvgIpc) is 3.40. The summed E-state index contributed by atoms with van der Waals surface area (Å²) in [5.41, 5.74) is 1.96. The molecule has 2 heterocycles. The van der Waals surface area contributed by atoms with E-state index in [1.165, 1.54) is 18.1 Å². The smallest absolute Gasteiger partial charge is 0.266 e. The molecule has 3 atom stereocenters. The number of carbonyl (C=O) groups excluding carboxylic acids is 2. The normalized spacial score (nSPS) is 21.6. The van der Waals surface area contributed by atoms with Crippen LogP contribution >= 0.6 is 0 Å². The average molecular weight is 466 g/mol. The summed E-state index contributed by atoms with van der Waals surface area (Å²) in [6, 6.07) is 26.9. The third-order valence-electron chi connectivity index (χ3n) is 6.68. The standard InChI is InChI=1S/C28H22N2O5/c1-34-23-16-18(14-15-22(23)31)25-24-26(35-30(25)19-10-3-2-4-11-19)28(33)29(27(24)32)21-13-7-9-17-8-5-6-12-20(17)21/h2-16,24-26,31H,1H3. The molecule has 7 nitrogen and oxygen atoms in total. The van der Waals surface area contributed by atoms with Gasteiger partial charge in [-0.1, -0.05) is 60.7 Å². The number of methoxy groups -OCH3 is 1. The highest BCUT2D eigenvalue weighted by molar-refractivity contribution is 6.26. The van der Waals surface area contributed by atoms with E-state index in [0.717, 1.165) is 16.5 Å². The minimum absolute atomic E-state index is 0.0100. The molecule has 2 fully saturated rings. The largest absolute Gasteiger partial charge is 0.504 e. The van der Waals surface area contributed by atoms with Gasteiger partial charge in [0.05, 0.1) is 24.5 Å². The monoisotopic (exact) mass is 466 g/mol. The first-order valence-electron chi connectivity index (χ1n) is 11.3. The molecule has 2 aliphatic heterocycles. The highest BCUT2D eigenvalue weighted by Crippen LogP contribution is 2.49. The summed E-state index contributed by atoms with van der Waals surface area (Å²) in [5.74, 6) is -1.24. The molecular formula is C28H22N2O5. The number of phenolic OH excluding ortho intramolecular Hbond substituents is 1. The van der Waals surface area contributed by atoms with Gasteiger partial charge in [-0.2, -0.15) is 0 Å². The van der Waals surface area contributed by atoms with Crippen molar-refractivity contribution in [3.8, 4) is 11.5 Å². The summed E-state index contributed by atoms with van der Waals surface area (Å²) in [6.45, 7) is 0. The highest BCUT2D eigenvalue weighted by Gasteiger charge is 2.60. The van der Waals surface area contributed by atoms with Gasteiger partial charge in [0.15, 0.2) is 17.6 Å². The second-order valence-corrected chi connectivity index (χ2v) is 8.60. The molecule has 4 aromatic rings. The van der Waals surface area contributed by atoms with Crippen LogP contribution in [0.25, 0.3) is 10.8 Å². The number of amides is 2. The van der Waals surface area contributed by atoms with Crippen LogP contribution in [0.15, 0.2) is 91.0 Å². The Morgan fingerprint density at radius 1 is 0.857 bits per heavy atom. The van der Waals surface area contributed by atoms with E-state index in [9.17, 15) is 14.7 Å². The van der Waals surface area contributed by atoms with Gasteiger partial charge in [0.1, 0.15) is 5.92 Å². The fourth-order valence-corrected chi connectivity index (χ4v) is 5.07. The number of benzene rings is 4. The van der Waals surface area contributed by atoms with Gasteiger partial charge < -0.3 is 9.84 Å². The van der Waals surface area contributed by atoms with Crippen molar-refractivity contribution in [3.05, 3.63) is 96.6 Å². The minimum atomic E-state index is -0.980. The van der Waals surface area contributed by atoms with Crippen LogP contribution in [0.3, 0.4) is 0 Å². The van der Waals surface area contributed by atoms with Crippen molar-refractivity contribution in [3.63, 3.8) is 0 Å². The molecule has 2 saturated heterocycles. The second kappa shape index (κ2) is 8.14. The van der Waals surface area contributed by atoms with Crippen molar-refractivity contribution in [1.29, 1.82) is 0 Å². The van der Waals surface area contributed by atoms with Crippen LogP contribution in [-0.4, -0.2) is 30.1 Å². The Bertz CT molecular complexity index is 1450. The van der Waals surface area contributed by atoms with Crippen molar-refractivity contribution >= 4 is 34.0 Å². The van der Waals surface area contributed by atoms with Crippen molar-refractivity contribution in [2.24, 2.45) is 5.92 Å². The molecule has 2 amide bonds. The maximum absolute atomic E-state index is 13.9. The van der Waals surface area contributed by atoms with E-state index in [4.69, 9.17) is 9.57 Å². The van der Waals surface area contributed by atoms with Crippen LogP contribution in [0.2, 0.25) is 0 Å². The highest BCUT2D eigenvalue weighted by atomic mass is 16.7. The Labute approximate surface area is 201 Å². The number of aromatic hydroxyl groups is 1. The van der Waals surface area contributed by atoms with Crippen molar-refractivity contribution in [2.45, 2.75) is 12.1 Å². The lowest BCUT2D eigenvalue weighted by atomic mass is 9.90. The first kappa shape index (κ1) is 21.2. The predicted molar refractivity (Wildman–Crippen MR) is 131 cm³/mol. The van der Waals surface area contributed by atoms with Crippen LogP contribution in [0.5, 0.6) is 11.5 Å². The van der Waals surface area contributed by atoms with E-state index in [0.29, 0.717) is 11.3 Å². The molecule has 3 unspecified atom stereocenters. The molecule has 2 aliphatic rings. The predicted octanol–water partition coefficient (Wildman–Crippen LogP) is 4.61. The first-order chi connectivity index (χ1) is 17.1. The molecule has 1 N–H and O–H groups in total. The van der Waals surface area contributed by atoms with Gasteiger partial charge in [0.2, 0.25) is 5.91 Å². The van der Waals surface area contributed by atoms with E-state index < -0.39 is 24.0 Å². The van der Waals surface area contributed by atoms with E-state index in [1.54, 1.807) is 23.3 Å². The van der Waals surface area contributed by atoms with Crippen molar-refractivity contribution < 1.29 is 24.3 Å². The molecule has 7 heteroatoms. The second-order valence-electron chi connectivity index (χ2n) is 8.60. The molecule has 0 bridgehead atoms. The minimum Gasteiger partial charge on any atom is -0.504 e. The van der Waals surface area contributed by atoms with E-state index in [1.807, 2.05) is 66.7 Å². The van der Waals surface area contributed by atoms with Gasteiger partial charge in [-0.3, -0.25) is 14.4 Å². The van der Waals surface area contributed by atoms with Gasteiger partial charge in [-0.15, -0.1) is 0 Å². The molecular weight excluding hydrogens is 444 g/mol. The molecule has 6 rings (SSSR count). The number of hydroxylamine groups is 1. The molecule has 0 aromatic heterocycles. The third-order valence-corrected chi connectivity index (χ3v) is 6.68. The van der Waals surface area contributed by atoms with Crippen LogP contribution < -0.4 is 14.7 Å². The number of rotatable bonds is 4. The molecule has 174 valence electrons. The van der Waals surface area contributed by atoms with Crippen molar-refractivity contribution in [2.75, 3.05) is 17.1 Å². The zero-order valence-corrected chi connectivity index (χ0v) is 18.9. The molecule has 0 radical (unpaired) electrons. The number of fused-ring (bicyclic) bond motifs is 2. The van der Waals surface area contributed by atoms with Crippen LogP contribution in [-0.2, 0) is 14.4 Å². The molecule has 0 saturated carbocycles. The number of nitrogens with zero attached hydrogens (tertiary/aromatic N) is 2. The Morgan fingerprint density at radius 3 is 2.40 bits per heavy atom. The third kappa shape index (κ3) is 3.24. The van der Waals surface area contributed by atoms with Gasteiger partial charge in [0.25, 0.3) is 5.91 Å². The van der Waals surface area contributed by atoms with E-state index in [2.05, 4.69) is 0 Å². The van der Waals surface area contributed by atoms with Crippen LogP contribution in [0.1, 0.15) is 11.6 Å². The quantitative estimate of drug-likeness (QED) is 0.443. The Balaban J connectivity index is 1.48. The number of carbonyl (C=O) groups is 2. The number of phenols is 1. The van der Waals surface area contributed by atoms with Gasteiger partial charge in [-0.05, 0) is 41.3 Å². The number of hydrogen-bond donors (Lipinski definition) is 1. The first-order valence-corrected chi connectivity index (χ1v) is 11.3. The summed E-state index contributed by atoms with van der Waals surface area (Å²) in [5, 5.41) is 13.5. The summed E-state index contributed by atoms with van der Waals surface area (Å²) >= 11 is 0. The number of hydrogen-bond acceptors (Lipinski definition) is 6. The lowest BCUT2D eigenvalue weighted by molar-refractivity contribution is -0.126. The van der Waals surface area contributed by atoms with E-state index in [-0.39, 0.29) is 17.4 Å². The Hall–Kier alpha value is -4.36. The maximum Gasteiger partial charge on any atom is 0.266 e. The van der Waals surface area contributed by atoms with Gasteiger partial charge in [-0.25, -0.2) is 9.96 Å². The Kier molecular flexibility index (Phi) is 4.93. The van der Waals surface area contributed by atoms with Crippen LogP contribution in [0.4, 0.5) is 11.4 Å². The zero-order valence-electron chi connectivity index (χ0n) is 18.9. The Morgan fingerprint density at radius 2 is 1.60 bits per heavy atom. The number of imide groups is 1. The number of para-hydroxylation sites is 1. The van der Waals surface area contributed by atoms with Crippen LogP contribution in [0, 0.1) is 5.92 Å². The summed E-state index contributed by atoms with van der Waals surface area (Å²) in [7, 11) is 1.47. The fraction of sp³-hybridized carbons (Fsp3) is 0.143. The van der Waals surface area contributed by atoms with E-state index >= 15 is 0 Å². The topological polar surface area (TPSA) is 79.3 Å². The lowest BCUT2D eigenvalue weighted by Crippen LogP contribution is -2.37. The number of anilines is 2. The lowest BCUT2D eigenvalue weighted by Gasteiger charge is -2.29. The molecule has 0 spiro atoms. The summed E-state index contributed by atoms with van der Waals surface area (Å²) < 4.78 is 5.31. The SMILES string of the molecule is COc1cc(C2C3C(=O)N(c4cccc5ccccc45)C(=O)C3ON2c2ccccc2)ccc1O. The zero-order chi connectivity index (χ0) is 24.1. The maximum atomic E-state index is 13.9.